The van der Waals surface area contributed by atoms with Crippen LogP contribution in [0.3, 0.4) is 0 Å². The third-order valence-corrected chi connectivity index (χ3v) is 6.03. The fraction of sp³-hybridized carbons (Fsp3) is 0.222. The van der Waals surface area contributed by atoms with E-state index in [1.54, 1.807) is 24.3 Å². The van der Waals surface area contributed by atoms with Crippen LogP contribution in [0.2, 0.25) is 0 Å². The smallest absolute Gasteiger partial charge is 0.242 e. The molecule has 1 heterocycles. The lowest BCUT2D eigenvalue weighted by atomic mass is 10.2. The number of halogens is 1. The van der Waals surface area contributed by atoms with Gasteiger partial charge in [0.15, 0.2) is 0 Å². The third kappa shape index (κ3) is 5.21. The molecule has 152 valence electrons. The molecule has 0 saturated heterocycles. The Morgan fingerprint density at radius 1 is 1.14 bits per heavy atom. The monoisotopic (exact) mass is 418 g/mol. The van der Waals surface area contributed by atoms with E-state index in [1.165, 1.54) is 30.2 Å². The molecule has 3 aromatic rings. The van der Waals surface area contributed by atoms with Crippen molar-refractivity contribution in [1.82, 2.24) is 24.5 Å². The summed E-state index contributed by atoms with van der Waals surface area (Å²) in [5.41, 5.74) is 1.36. The van der Waals surface area contributed by atoms with Gasteiger partial charge in [-0.05, 0) is 65.4 Å². The normalized spacial score (nSPS) is 11.6. The third-order valence-electron chi connectivity index (χ3n) is 4.16. The van der Waals surface area contributed by atoms with Crippen molar-refractivity contribution >= 4 is 21.6 Å². The van der Waals surface area contributed by atoms with Gasteiger partial charge in [0.1, 0.15) is 12.1 Å². The van der Waals surface area contributed by atoms with Crippen LogP contribution >= 0.6 is 0 Å². The molecule has 1 amide bonds. The molecule has 0 fully saturated rings. The summed E-state index contributed by atoms with van der Waals surface area (Å²) in [7, 11) is -2.30. The van der Waals surface area contributed by atoms with Gasteiger partial charge in [0.05, 0.1) is 10.6 Å². The lowest BCUT2D eigenvalue weighted by Crippen LogP contribution is -2.28. The molecule has 29 heavy (non-hydrogen) atoms. The number of carbonyl (C=O) groups excluding carboxylic acids is 1. The van der Waals surface area contributed by atoms with Crippen LogP contribution < -0.4 is 5.32 Å². The number of aromatic nitrogens is 4. The Bertz CT molecular complexity index is 1050. The SMILES string of the molecule is CN(CCCC(=O)Nc1ccc(-n2cnnn2)cc1)S(=O)(=O)c1ccc(F)cc1. The Balaban J connectivity index is 1.48. The average molecular weight is 418 g/mol. The molecule has 9 nitrogen and oxygen atoms in total. The molecule has 1 aromatic heterocycles. The van der Waals surface area contributed by atoms with Crippen molar-refractivity contribution in [3.8, 4) is 5.69 Å². The van der Waals surface area contributed by atoms with Gasteiger partial charge in [0.25, 0.3) is 0 Å². The van der Waals surface area contributed by atoms with Gasteiger partial charge in [-0.1, -0.05) is 0 Å². The van der Waals surface area contributed by atoms with Crippen LogP contribution in [0, 0.1) is 5.82 Å². The zero-order chi connectivity index (χ0) is 20.9. The maximum atomic E-state index is 13.0. The topological polar surface area (TPSA) is 110 Å². The van der Waals surface area contributed by atoms with Gasteiger partial charge in [-0.25, -0.2) is 21.8 Å². The van der Waals surface area contributed by atoms with E-state index >= 15 is 0 Å². The van der Waals surface area contributed by atoms with Crippen LogP contribution in [0.15, 0.2) is 59.8 Å². The minimum absolute atomic E-state index is 0.00789. The number of amides is 1. The van der Waals surface area contributed by atoms with E-state index < -0.39 is 15.8 Å². The van der Waals surface area contributed by atoms with Crippen molar-refractivity contribution in [2.75, 3.05) is 18.9 Å². The second kappa shape index (κ2) is 8.88. The predicted octanol–water partition coefficient (Wildman–Crippen LogP) is 1.84. The number of rotatable bonds is 8. The molecule has 0 saturated carbocycles. The summed E-state index contributed by atoms with van der Waals surface area (Å²) in [4.78, 5) is 12.1. The number of tetrazole rings is 1. The van der Waals surface area contributed by atoms with Crippen LogP contribution in [0.25, 0.3) is 5.69 Å². The van der Waals surface area contributed by atoms with Crippen molar-refractivity contribution in [3.63, 3.8) is 0 Å². The van der Waals surface area contributed by atoms with Crippen LogP contribution in [0.4, 0.5) is 10.1 Å². The minimum atomic E-state index is -3.72. The van der Waals surface area contributed by atoms with Crippen molar-refractivity contribution < 1.29 is 17.6 Å². The molecule has 11 heteroatoms. The van der Waals surface area contributed by atoms with E-state index in [9.17, 15) is 17.6 Å². The first-order chi connectivity index (χ1) is 13.9. The maximum absolute atomic E-state index is 13.0. The Morgan fingerprint density at radius 3 is 2.45 bits per heavy atom. The van der Waals surface area contributed by atoms with E-state index in [0.717, 1.165) is 22.1 Å². The van der Waals surface area contributed by atoms with E-state index in [0.29, 0.717) is 12.1 Å². The Labute approximate surface area is 167 Å². The first-order valence-corrected chi connectivity index (χ1v) is 10.2. The van der Waals surface area contributed by atoms with Gasteiger partial charge < -0.3 is 5.32 Å². The quantitative estimate of drug-likeness (QED) is 0.598. The van der Waals surface area contributed by atoms with E-state index in [1.807, 2.05) is 0 Å². The molecule has 0 spiro atoms. The highest BCUT2D eigenvalue weighted by Crippen LogP contribution is 2.16. The molecule has 0 unspecified atom stereocenters. The van der Waals surface area contributed by atoms with Crippen LogP contribution in [-0.4, -0.2) is 52.4 Å². The molecule has 0 radical (unpaired) electrons. The van der Waals surface area contributed by atoms with Gasteiger partial charge >= 0.3 is 0 Å². The summed E-state index contributed by atoms with van der Waals surface area (Å²) in [5.74, 6) is -0.734. The molecule has 0 aliphatic carbocycles. The highest BCUT2D eigenvalue weighted by Gasteiger charge is 2.20. The van der Waals surface area contributed by atoms with Gasteiger partial charge in [-0.15, -0.1) is 5.10 Å². The van der Waals surface area contributed by atoms with Crippen molar-refractivity contribution in [3.05, 3.63) is 60.7 Å². The van der Waals surface area contributed by atoms with Crippen molar-refractivity contribution in [2.45, 2.75) is 17.7 Å². The summed E-state index contributed by atoms with van der Waals surface area (Å²) in [6.45, 7) is 0.158. The molecule has 0 bridgehead atoms. The van der Waals surface area contributed by atoms with Gasteiger partial charge in [-0.3, -0.25) is 4.79 Å². The number of hydrogen-bond acceptors (Lipinski definition) is 6. The van der Waals surface area contributed by atoms with E-state index in [-0.39, 0.29) is 23.8 Å². The molecule has 2 aromatic carbocycles. The minimum Gasteiger partial charge on any atom is -0.326 e. The largest absolute Gasteiger partial charge is 0.326 e. The maximum Gasteiger partial charge on any atom is 0.242 e. The Kier molecular flexibility index (Phi) is 6.29. The van der Waals surface area contributed by atoms with Gasteiger partial charge in [0.2, 0.25) is 15.9 Å². The fourth-order valence-corrected chi connectivity index (χ4v) is 3.78. The number of benzene rings is 2. The molecule has 0 aliphatic heterocycles. The highest BCUT2D eigenvalue weighted by atomic mass is 32.2. The van der Waals surface area contributed by atoms with Crippen LogP contribution in [0.5, 0.6) is 0 Å². The van der Waals surface area contributed by atoms with Crippen LogP contribution in [0.1, 0.15) is 12.8 Å². The molecule has 1 N–H and O–H groups in total. The zero-order valence-electron chi connectivity index (χ0n) is 15.6. The van der Waals surface area contributed by atoms with E-state index in [2.05, 4.69) is 20.8 Å². The summed E-state index contributed by atoms with van der Waals surface area (Å²) in [6.07, 6.45) is 1.95. The van der Waals surface area contributed by atoms with Crippen molar-refractivity contribution in [2.24, 2.45) is 0 Å². The average Bonchev–Trinajstić information content (AvgIpc) is 3.23. The molecular weight excluding hydrogens is 399 g/mol. The fourth-order valence-electron chi connectivity index (χ4n) is 2.57. The number of nitrogens with zero attached hydrogens (tertiary/aromatic N) is 5. The number of nitrogens with one attached hydrogen (secondary N) is 1. The zero-order valence-corrected chi connectivity index (χ0v) is 16.4. The highest BCUT2D eigenvalue weighted by molar-refractivity contribution is 7.89. The number of sulfonamides is 1. The second-order valence-corrected chi connectivity index (χ2v) is 8.28. The van der Waals surface area contributed by atoms with Gasteiger partial charge in [-0.2, -0.15) is 0 Å². The van der Waals surface area contributed by atoms with Gasteiger partial charge in [0, 0.05) is 25.7 Å². The first kappa shape index (κ1) is 20.6. The first-order valence-electron chi connectivity index (χ1n) is 8.71. The lowest BCUT2D eigenvalue weighted by Gasteiger charge is -2.17. The Morgan fingerprint density at radius 2 is 1.83 bits per heavy atom. The summed E-state index contributed by atoms with van der Waals surface area (Å²) in [5, 5.41) is 13.6. The molecule has 0 aliphatic rings. The summed E-state index contributed by atoms with van der Waals surface area (Å²) < 4.78 is 40.5. The number of hydrogen-bond donors (Lipinski definition) is 1. The molecule has 3 rings (SSSR count). The Hall–Kier alpha value is -3.18. The van der Waals surface area contributed by atoms with E-state index in [4.69, 9.17) is 0 Å². The molecular formula is C18H19FN6O3S. The lowest BCUT2D eigenvalue weighted by molar-refractivity contribution is -0.116. The number of carbonyl (C=O) groups is 1. The molecule has 0 atom stereocenters. The van der Waals surface area contributed by atoms with Crippen molar-refractivity contribution in [1.29, 1.82) is 0 Å². The summed E-state index contributed by atoms with van der Waals surface area (Å²) >= 11 is 0. The number of anilines is 1. The standard InChI is InChI=1S/C18H19FN6O3S/c1-24(29(27,28)17-10-4-14(19)5-11-17)12-2-3-18(26)21-15-6-8-16(9-7-15)25-13-20-22-23-25/h4-11,13H,2-3,12H2,1H3,(H,21,26). The van der Waals surface area contributed by atoms with Crippen LogP contribution in [-0.2, 0) is 14.8 Å². The second-order valence-electron chi connectivity index (χ2n) is 6.23. The summed E-state index contributed by atoms with van der Waals surface area (Å²) in [6, 6.07) is 11.6. The predicted molar refractivity (Wildman–Crippen MR) is 103 cm³/mol.